The van der Waals surface area contributed by atoms with Crippen LogP contribution in [0.25, 0.3) is 0 Å². The minimum atomic E-state index is -1.08. The van der Waals surface area contributed by atoms with E-state index in [1.54, 1.807) is 0 Å². The average molecular weight is 129 g/mol. The Morgan fingerprint density at radius 1 is 1.88 bits per heavy atom. The molecule has 3 N–H and O–H groups in total. The van der Waals surface area contributed by atoms with E-state index in [0.29, 0.717) is 0 Å². The van der Waals surface area contributed by atoms with Crippen molar-refractivity contribution in [3.05, 3.63) is 0 Å². The summed E-state index contributed by atoms with van der Waals surface area (Å²) in [5.41, 5.74) is 4.40. The molecule has 0 aromatic heterocycles. The molecule has 0 aliphatic heterocycles. The number of aliphatic hydroxyl groups excluding tert-OH is 1. The number of hydrogen-bond acceptors (Lipinski definition) is 4. The van der Waals surface area contributed by atoms with Gasteiger partial charge in [-0.15, -0.1) is 0 Å². The summed E-state index contributed by atoms with van der Waals surface area (Å²) in [5.74, 6) is -1.08. The van der Waals surface area contributed by atoms with E-state index in [1.807, 2.05) is 0 Å². The van der Waals surface area contributed by atoms with Crippen molar-refractivity contribution in [2.24, 2.45) is 5.73 Å². The van der Waals surface area contributed by atoms with Gasteiger partial charge in [0.1, 0.15) is 0 Å². The average Bonchev–Trinajstić information content (AvgIpc) is 1.33. The maximum atomic E-state index is 8.89. The van der Waals surface area contributed by atoms with Crippen LogP contribution in [0, 0.1) is 0 Å². The summed E-state index contributed by atoms with van der Waals surface area (Å²) < 4.78 is 0. The molecule has 0 spiro atoms. The molecular weight excluding hydrogens is 121 g/mol. The van der Waals surface area contributed by atoms with Crippen molar-refractivity contribution in [1.82, 2.24) is 0 Å². The fourth-order valence-electron chi connectivity index (χ4n) is 0. The molecule has 0 rings (SSSR count). The van der Waals surface area contributed by atoms with E-state index >= 15 is 0 Å². The van der Waals surface area contributed by atoms with Crippen LogP contribution in [0.5, 0.6) is 0 Å². The van der Waals surface area contributed by atoms with Crippen molar-refractivity contribution in [3.63, 3.8) is 0 Å². The van der Waals surface area contributed by atoms with Gasteiger partial charge in [-0.2, -0.15) is 0 Å². The standard InChI is InChI=1S/C2H4O2.CH5NO.Na/c1-2(3)4;2-1-3;/h1H3,(H,3,4);3H,1-2H2;/q;;+1/p-1. The number of nitrogens with two attached hydrogens (primary N) is 1. The maximum absolute atomic E-state index is 8.89. The Labute approximate surface area is 70.0 Å². The molecule has 0 aliphatic rings. The second-order valence-electron chi connectivity index (χ2n) is 0.674. The number of aliphatic hydroxyl groups is 1. The van der Waals surface area contributed by atoms with E-state index < -0.39 is 5.97 Å². The van der Waals surface area contributed by atoms with Crippen molar-refractivity contribution in [3.8, 4) is 0 Å². The SMILES string of the molecule is CC(=O)[O-].NCO.[Na+]. The Morgan fingerprint density at radius 3 is 1.88 bits per heavy atom. The molecule has 8 heavy (non-hydrogen) atoms. The molecule has 0 amide bonds. The zero-order chi connectivity index (χ0) is 6.28. The number of carbonyl (C=O) groups is 1. The molecule has 0 fully saturated rings. The predicted molar refractivity (Wildman–Crippen MR) is 22.0 cm³/mol. The summed E-state index contributed by atoms with van der Waals surface area (Å²) in [7, 11) is 0. The largest absolute Gasteiger partial charge is 1.00 e. The van der Waals surface area contributed by atoms with Crippen molar-refractivity contribution in [2.75, 3.05) is 6.73 Å². The third-order valence-electron chi connectivity index (χ3n) is 0. The van der Waals surface area contributed by atoms with Crippen LogP contribution in [0.15, 0.2) is 0 Å². The minimum absolute atomic E-state index is 0. The molecular formula is C3H8NNaO3. The molecule has 0 saturated carbocycles. The topological polar surface area (TPSA) is 86.4 Å². The summed E-state index contributed by atoms with van der Waals surface area (Å²) in [4.78, 5) is 8.89. The molecule has 0 radical (unpaired) electrons. The third-order valence-corrected chi connectivity index (χ3v) is 0. The number of carbonyl (C=O) groups excluding carboxylic acids is 1. The molecule has 0 unspecified atom stereocenters. The smallest absolute Gasteiger partial charge is 0.550 e. The summed E-state index contributed by atoms with van der Waals surface area (Å²) in [5, 5.41) is 16.2. The number of carboxylic acid groups (broad SMARTS) is 1. The first-order valence-corrected chi connectivity index (χ1v) is 1.63. The minimum Gasteiger partial charge on any atom is -0.550 e. The van der Waals surface area contributed by atoms with Gasteiger partial charge in [-0.05, 0) is 6.92 Å². The first-order valence-electron chi connectivity index (χ1n) is 1.63. The summed E-state index contributed by atoms with van der Waals surface area (Å²) in [6, 6.07) is 0. The van der Waals surface area contributed by atoms with Gasteiger partial charge in [0, 0.05) is 5.97 Å². The first kappa shape index (κ1) is 15.8. The van der Waals surface area contributed by atoms with Gasteiger partial charge in [-0.25, -0.2) is 0 Å². The van der Waals surface area contributed by atoms with E-state index in [4.69, 9.17) is 15.0 Å². The number of rotatable bonds is 0. The zero-order valence-corrected chi connectivity index (χ0v) is 7.05. The van der Waals surface area contributed by atoms with Gasteiger partial charge in [0.05, 0.1) is 6.73 Å². The van der Waals surface area contributed by atoms with E-state index in [2.05, 4.69) is 5.73 Å². The molecule has 0 aromatic rings. The first-order chi connectivity index (χ1) is 3.15. The van der Waals surface area contributed by atoms with Gasteiger partial charge < -0.3 is 20.7 Å². The second kappa shape index (κ2) is 15.7. The monoisotopic (exact) mass is 129 g/mol. The molecule has 0 bridgehead atoms. The number of carboxylic acids is 1. The van der Waals surface area contributed by atoms with Gasteiger partial charge in [0.25, 0.3) is 0 Å². The number of aliphatic carboxylic acids is 1. The van der Waals surface area contributed by atoms with Crippen LogP contribution in [-0.4, -0.2) is 17.8 Å². The fraction of sp³-hybridized carbons (Fsp3) is 0.667. The van der Waals surface area contributed by atoms with Crippen LogP contribution in [-0.2, 0) is 4.79 Å². The van der Waals surface area contributed by atoms with Crippen molar-refractivity contribution in [2.45, 2.75) is 6.92 Å². The Balaban J connectivity index is -0.0000000575. The fourth-order valence-corrected chi connectivity index (χ4v) is 0. The molecule has 0 saturated heterocycles. The van der Waals surface area contributed by atoms with E-state index in [9.17, 15) is 0 Å². The zero-order valence-electron chi connectivity index (χ0n) is 5.05. The third kappa shape index (κ3) is 1220. The van der Waals surface area contributed by atoms with Crippen LogP contribution in [0.3, 0.4) is 0 Å². The molecule has 0 atom stereocenters. The van der Waals surface area contributed by atoms with Crippen molar-refractivity contribution in [1.29, 1.82) is 0 Å². The van der Waals surface area contributed by atoms with E-state index in [1.165, 1.54) is 0 Å². The van der Waals surface area contributed by atoms with Gasteiger partial charge in [-0.1, -0.05) is 0 Å². The molecule has 4 nitrogen and oxygen atoms in total. The van der Waals surface area contributed by atoms with Crippen molar-refractivity contribution < 1.29 is 44.6 Å². The maximum Gasteiger partial charge on any atom is 1.00 e. The van der Waals surface area contributed by atoms with Crippen LogP contribution < -0.4 is 40.4 Å². The summed E-state index contributed by atoms with van der Waals surface area (Å²) in [6.07, 6.45) is 0. The van der Waals surface area contributed by atoms with E-state index in [0.717, 1.165) is 6.92 Å². The Kier molecular flexibility index (Phi) is 30.9. The van der Waals surface area contributed by atoms with Crippen molar-refractivity contribution >= 4 is 5.97 Å². The Morgan fingerprint density at radius 2 is 1.88 bits per heavy atom. The summed E-state index contributed by atoms with van der Waals surface area (Å²) >= 11 is 0. The summed E-state index contributed by atoms with van der Waals surface area (Å²) in [6.45, 7) is 0.722. The Bertz CT molecular complexity index is 45.8. The van der Waals surface area contributed by atoms with Crippen LogP contribution in [0.1, 0.15) is 6.92 Å². The van der Waals surface area contributed by atoms with Crippen LogP contribution in [0.4, 0.5) is 0 Å². The Hall–Kier alpha value is 0.390. The number of hydrogen-bond donors (Lipinski definition) is 2. The normalized spacial score (nSPS) is 5.38. The molecule has 0 heterocycles. The van der Waals surface area contributed by atoms with Crippen LogP contribution >= 0.6 is 0 Å². The van der Waals surface area contributed by atoms with Gasteiger partial charge in [-0.3, -0.25) is 0 Å². The van der Waals surface area contributed by atoms with Gasteiger partial charge >= 0.3 is 29.6 Å². The van der Waals surface area contributed by atoms with Gasteiger partial charge in [0.15, 0.2) is 0 Å². The predicted octanol–water partition coefficient (Wildman–Crippen LogP) is -5.34. The molecule has 0 aromatic carbocycles. The van der Waals surface area contributed by atoms with Crippen LogP contribution in [0.2, 0.25) is 0 Å². The molecule has 44 valence electrons. The quantitative estimate of drug-likeness (QED) is 0.252. The molecule has 5 heteroatoms. The molecule has 0 aliphatic carbocycles. The van der Waals surface area contributed by atoms with Gasteiger partial charge in [0.2, 0.25) is 0 Å². The second-order valence-corrected chi connectivity index (χ2v) is 0.674. The van der Waals surface area contributed by atoms with E-state index in [-0.39, 0.29) is 36.3 Å².